The highest BCUT2D eigenvalue weighted by Gasteiger charge is 2.30. The van der Waals surface area contributed by atoms with Gasteiger partial charge in [-0.1, -0.05) is 12.1 Å². The van der Waals surface area contributed by atoms with Crippen LogP contribution in [0.15, 0.2) is 36.7 Å². The first-order chi connectivity index (χ1) is 9.90. The number of halogens is 4. The van der Waals surface area contributed by atoms with Gasteiger partial charge >= 0.3 is 6.18 Å². The van der Waals surface area contributed by atoms with Crippen LogP contribution in [0.4, 0.5) is 13.2 Å². The minimum Gasteiger partial charge on any atom is -0.481 e. The summed E-state index contributed by atoms with van der Waals surface area (Å²) in [5.41, 5.74) is 0.558. The second kappa shape index (κ2) is 6.30. The molecule has 1 aromatic carbocycles. The van der Waals surface area contributed by atoms with E-state index >= 15 is 0 Å². The number of ether oxygens (including phenoxy) is 1. The minimum atomic E-state index is -4.35. The van der Waals surface area contributed by atoms with E-state index < -0.39 is 17.1 Å². The maximum Gasteiger partial charge on any atom is 0.416 e. The molecule has 2 rings (SSSR count). The van der Waals surface area contributed by atoms with Gasteiger partial charge in [0.25, 0.3) is 0 Å². The van der Waals surface area contributed by atoms with E-state index in [1.54, 1.807) is 6.07 Å². The lowest BCUT2D eigenvalue weighted by atomic mass is 10.1. The van der Waals surface area contributed by atoms with Crippen LogP contribution in [-0.2, 0) is 12.6 Å². The van der Waals surface area contributed by atoms with Gasteiger partial charge in [-0.05, 0) is 17.7 Å². The molecule has 1 atom stereocenters. The summed E-state index contributed by atoms with van der Waals surface area (Å²) in [5.74, 6) is 0.413. The third-order valence-electron chi connectivity index (χ3n) is 2.90. The first-order valence-corrected chi connectivity index (χ1v) is 6.50. The second-order valence-corrected chi connectivity index (χ2v) is 4.87. The Bertz CT molecular complexity index is 602. The van der Waals surface area contributed by atoms with Crippen molar-refractivity contribution in [1.29, 1.82) is 0 Å². The van der Waals surface area contributed by atoms with Crippen molar-refractivity contribution >= 4 is 11.6 Å². The predicted molar refractivity (Wildman–Crippen MR) is 72.3 cm³/mol. The Morgan fingerprint density at radius 2 is 1.86 bits per heavy atom. The molecule has 7 heteroatoms. The topological polar surface area (TPSA) is 35.0 Å². The zero-order valence-electron chi connectivity index (χ0n) is 11.1. The van der Waals surface area contributed by atoms with Crippen LogP contribution in [0.1, 0.15) is 22.2 Å². The van der Waals surface area contributed by atoms with E-state index in [1.807, 2.05) is 0 Å². The highest BCUT2D eigenvalue weighted by atomic mass is 35.5. The van der Waals surface area contributed by atoms with E-state index in [0.717, 1.165) is 12.1 Å². The Morgan fingerprint density at radius 1 is 1.19 bits per heavy atom. The summed E-state index contributed by atoms with van der Waals surface area (Å²) in [7, 11) is 1.49. The quantitative estimate of drug-likeness (QED) is 0.799. The van der Waals surface area contributed by atoms with Gasteiger partial charge in [-0.3, -0.25) is 0 Å². The number of hydrogen-bond acceptors (Lipinski definition) is 3. The molecule has 0 saturated carbocycles. The van der Waals surface area contributed by atoms with E-state index in [1.165, 1.54) is 25.6 Å². The van der Waals surface area contributed by atoms with Crippen molar-refractivity contribution in [2.24, 2.45) is 0 Å². The Kier molecular flexibility index (Phi) is 4.67. The maximum absolute atomic E-state index is 12.5. The van der Waals surface area contributed by atoms with E-state index in [4.69, 9.17) is 16.3 Å². The molecular weight excluding hydrogens is 305 g/mol. The van der Waals surface area contributed by atoms with E-state index in [0.29, 0.717) is 23.6 Å². The summed E-state index contributed by atoms with van der Waals surface area (Å²) in [6, 6.07) is 6.42. The lowest BCUT2D eigenvalue weighted by Gasteiger charge is -2.12. The lowest BCUT2D eigenvalue weighted by molar-refractivity contribution is -0.137. The van der Waals surface area contributed by atoms with Crippen molar-refractivity contribution in [3.63, 3.8) is 0 Å². The van der Waals surface area contributed by atoms with Crippen LogP contribution in [0.5, 0.6) is 5.88 Å². The average Bonchev–Trinajstić information content (AvgIpc) is 2.46. The van der Waals surface area contributed by atoms with Gasteiger partial charge in [-0.25, -0.2) is 9.97 Å². The van der Waals surface area contributed by atoms with Crippen molar-refractivity contribution in [3.05, 3.63) is 53.5 Å². The molecule has 0 aliphatic carbocycles. The molecule has 21 heavy (non-hydrogen) atoms. The standard InChI is InChI=1S/C14H12ClF3N2O/c1-21-13-7-11(19-8-20-13)6-12(15)9-2-4-10(5-3-9)14(16,17)18/h2-5,7-8,12H,6H2,1H3. The molecule has 0 spiro atoms. The Labute approximate surface area is 124 Å². The lowest BCUT2D eigenvalue weighted by Crippen LogP contribution is -2.05. The third-order valence-corrected chi connectivity index (χ3v) is 3.30. The number of nitrogens with zero attached hydrogens (tertiary/aromatic N) is 2. The summed E-state index contributed by atoms with van der Waals surface area (Å²) >= 11 is 6.22. The van der Waals surface area contributed by atoms with E-state index in [2.05, 4.69) is 9.97 Å². The SMILES string of the molecule is COc1cc(CC(Cl)c2ccc(C(F)(F)F)cc2)ncn1. The normalized spacial score (nSPS) is 13.0. The van der Waals surface area contributed by atoms with E-state index in [-0.39, 0.29) is 0 Å². The molecule has 0 N–H and O–H groups in total. The van der Waals surface area contributed by atoms with Crippen molar-refractivity contribution < 1.29 is 17.9 Å². The van der Waals surface area contributed by atoms with Crippen molar-refractivity contribution in [2.45, 2.75) is 18.0 Å². The van der Waals surface area contributed by atoms with Gasteiger partial charge < -0.3 is 4.74 Å². The van der Waals surface area contributed by atoms with Crippen LogP contribution in [0.2, 0.25) is 0 Å². The zero-order valence-corrected chi connectivity index (χ0v) is 11.8. The largest absolute Gasteiger partial charge is 0.481 e. The molecule has 1 heterocycles. The molecule has 3 nitrogen and oxygen atoms in total. The molecular formula is C14H12ClF3N2O. The number of alkyl halides is 4. The molecule has 0 bridgehead atoms. The summed E-state index contributed by atoms with van der Waals surface area (Å²) in [5, 5.41) is -0.480. The van der Waals surface area contributed by atoms with Crippen LogP contribution < -0.4 is 4.74 Å². The highest BCUT2D eigenvalue weighted by molar-refractivity contribution is 6.20. The van der Waals surface area contributed by atoms with Crippen molar-refractivity contribution in [1.82, 2.24) is 9.97 Å². The van der Waals surface area contributed by atoms with Gasteiger partial charge in [0, 0.05) is 18.2 Å². The minimum absolute atomic E-state index is 0.367. The first kappa shape index (κ1) is 15.6. The molecule has 0 saturated heterocycles. The summed E-state index contributed by atoms with van der Waals surface area (Å²) in [6.45, 7) is 0. The van der Waals surface area contributed by atoms with Gasteiger partial charge in [0.15, 0.2) is 0 Å². The van der Waals surface area contributed by atoms with Crippen molar-refractivity contribution in [2.75, 3.05) is 7.11 Å². The van der Waals surface area contributed by atoms with Crippen LogP contribution in [0.3, 0.4) is 0 Å². The first-order valence-electron chi connectivity index (χ1n) is 6.06. The highest BCUT2D eigenvalue weighted by Crippen LogP contribution is 2.31. The zero-order chi connectivity index (χ0) is 15.5. The molecule has 1 unspecified atom stereocenters. The smallest absolute Gasteiger partial charge is 0.416 e. The fourth-order valence-electron chi connectivity index (χ4n) is 1.78. The van der Waals surface area contributed by atoms with Gasteiger partial charge in [0.1, 0.15) is 6.33 Å². The summed E-state index contributed by atoms with van der Waals surface area (Å²) < 4.78 is 42.4. The number of benzene rings is 1. The van der Waals surface area contributed by atoms with Crippen LogP contribution in [0, 0.1) is 0 Å². The molecule has 1 aromatic heterocycles. The fraction of sp³-hybridized carbons (Fsp3) is 0.286. The average molecular weight is 317 g/mol. The molecule has 2 aromatic rings. The third kappa shape index (κ3) is 4.07. The van der Waals surface area contributed by atoms with E-state index in [9.17, 15) is 13.2 Å². The Hall–Kier alpha value is -1.82. The number of aromatic nitrogens is 2. The monoisotopic (exact) mass is 316 g/mol. The Morgan fingerprint density at radius 3 is 2.43 bits per heavy atom. The fourth-order valence-corrected chi connectivity index (χ4v) is 2.09. The maximum atomic E-state index is 12.5. The molecule has 0 amide bonds. The number of methoxy groups -OCH3 is 1. The molecule has 112 valence electrons. The van der Waals surface area contributed by atoms with Gasteiger partial charge in [0.2, 0.25) is 5.88 Å². The van der Waals surface area contributed by atoms with Gasteiger partial charge in [-0.15, -0.1) is 11.6 Å². The second-order valence-electron chi connectivity index (χ2n) is 4.34. The molecule has 0 radical (unpaired) electrons. The van der Waals surface area contributed by atoms with Gasteiger partial charge in [0.05, 0.1) is 18.1 Å². The molecule has 0 aliphatic heterocycles. The molecule has 0 aliphatic rings. The Balaban J connectivity index is 2.11. The number of hydrogen-bond donors (Lipinski definition) is 0. The van der Waals surface area contributed by atoms with Crippen LogP contribution in [0.25, 0.3) is 0 Å². The molecule has 0 fully saturated rings. The summed E-state index contributed by atoms with van der Waals surface area (Å²) in [4.78, 5) is 7.93. The van der Waals surface area contributed by atoms with Crippen molar-refractivity contribution in [3.8, 4) is 5.88 Å². The number of rotatable bonds is 4. The summed E-state index contributed by atoms with van der Waals surface area (Å²) in [6.07, 6.45) is -2.63. The van der Waals surface area contributed by atoms with Crippen LogP contribution >= 0.6 is 11.6 Å². The van der Waals surface area contributed by atoms with Gasteiger partial charge in [-0.2, -0.15) is 13.2 Å². The van der Waals surface area contributed by atoms with Crippen LogP contribution in [-0.4, -0.2) is 17.1 Å². The predicted octanol–water partition coefficient (Wildman–Crippen LogP) is 4.03.